The molecule has 3 nitrogen and oxygen atoms in total. The van der Waals surface area contributed by atoms with Crippen molar-refractivity contribution in [2.24, 2.45) is 5.90 Å². The molecule has 0 saturated heterocycles. The number of H-pyrrole nitrogens is 1. The Morgan fingerprint density at radius 1 is 0.933 bits per heavy atom. The van der Waals surface area contributed by atoms with E-state index in [0.717, 1.165) is 16.4 Å². The third kappa shape index (κ3) is 1.10. The number of fused-ring (bicyclic) bond motifs is 3. The normalized spacial score (nSPS) is 11.0. The molecule has 0 saturated carbocycles. The monoisotopic (exact) mass is 198 g/mol. The topological polar surface area (TPSA) is 51.0 Å². The van der Waals surface area contributed by atoms with Crippen LogP contribution in [0.25, 0.3) is 21.8 Å². The van der Waals surface area contributed by atoms with Crippen molar-refractivity contribution >= 4 is 21.8 Å². The lowest BCUT2D eigenvalue weighted by Gasteiger charge is -1.98. The van der Waals surface area contributed by atoms with Gasteiger partial charge in [-0.15, -0.1) is 0 Å². The van der Waals surface area contributed by atoms with Gasteiger partial charge in [-0.1, -0.05) is 30.3 Å². The average Bonchev–Trinajstić information content (AvgIpc) is 2.67. The molecule has 1 heterocycles. The van der Waals surface area contributed by atoms with Crippen LogP contribution in [0.5, 0.6) is 5.75 Å². The summed E-state index contributed by atoms with van der Waals surface area (Å²) in [4.78, 5) is 8.12. The van der Waals surface area contributed by atoms with E-state index < -0.39 is 0 Å². The number of nitrogens with one attached hydrogen (secondary N) is 1. The van der Waals surface area contributed by atoms with Crippen molar-refractivity contribution in [3.63, 3.8) is 0 Å². The van der Waals surface area contributed by atoms with E-state index in [-0.39, 0.29) is 0 Å². The fraction of sp³-hybridized carbons (Fsp3) is 0. The molecule has 2 aromatic carbocycles. The molecular formula is C12H10N2O. The van der Waals surface area contributed by atoms with Crippen LogP contribution in [0.3, 0.4) is 0 Å². The Balaban J connectivity index is 2.53. The van der Waals surface area contributed by atoms with E-state index in [4.69, 9.17) is 10.7 Å². The lowest BCUT2D eigenvalue weighted by molar-refractivity contribution is 0.338. The van der Waals surface area contributed by atoms with Crippen LogP contribution < -0.4 is 10.7 Å². The minimum atomic E-state index is 0.670. The second-order valence-electron chi connectivity index (χ2n) is 3.47. The number of nitrogens with two attached hydrogens (primary N) is 1. The van der Waals surface area contributed by atoms with Crippen molar-refractivity contribution in [3.05, 3.63) is 42.5 Å². The molecule has 0 spiro atoms. The Hall–Kier alpha value is -2.00. The summed E-state index contributed by atoms with van der Waals surface area (Å²) in [5.74, 6) is 5.89. The van der Waals surface area contributed by atoms with Gasteiger partial charge in [0, 0.05) is 16.3 Å². The highest BCUT2D eigenvalue weighted by molar-refractivity contribution is 6.09. The molecule has 0 bridgehead atoms. The zero-order chi connectivity index (χ0) is 10.3. The number of hydrogen-bond acceptors (Lipinski definition) is 2. The van der Waals surface area contributed by atoms with Crippen molar-refractivity contribution in [2.45, 2.75) is 0 Å². The number of para-hydroxylation sites is 2. The van der Waals surface area contributed by atoms with E-state index in [1.165, 1.54) is 5.39 Å². The summed E-state index contributed by atoms with van der Waals surface area (Å²) in [7, 11) is 0. The first-order chi connectivity index (χ1) is 7.40. The fourth-order valence-corrected chi connectivity index (χ4v) is 1.94. The molecule has 3 aromatic rings. The van der Waals surface area contributed by atoms with Crippen LogP contribution in [0.2, 0.25) is 0 Å². The highest BCUT2D eigenvalue weighted by atomic mass is 16.6. The lowest BCUT2D eigenvalue weighted by atomic mass is 10.1. The number of aromatic amines is 1. The first kappa shape index (κ1) is 8.32. The predicted molar refractivity (Wildman–Crippen MR) is 60.6 cm³/mol. The third-order valence-electron chi connectivity index (χ3n) is 2.63. The van der Waals surface area contributed by atoms with E-state index in [1.54, 1.807) is 0 Å². The molecule has 15 heavy (non-hydrogen) atoms. The van der Waals surface area contributed by atoms with E-state index in [1.807, 2.05) is 30.3 Å². The quantitative estimate of drug-likeness (QED) is 0.590. The van der Waals surface area contributed by atoms with Gasteiger partial charge in [-0.3, -0.25) is 0 Å². The summed E-state index contributed by atoms with van der Waals surface area (Å²) in [5.41, 5.74) is 2.04. The minimum absolute atomic E-state index is 0.670. The van der Waals surface area contributed by atoms with Crippen molar-refractivity contribution in [2.75, 3.05) is 0 Å². The minimum Gasteiger partial charge on any atom is -0.409 e. The molecule has 74 valence electrons. The Morgan fingerprint density at radius 3 is 2.60 bits per heavy atom. The summed E-state index contributed by atoms with van der Waals surface area (Å²) >= 11 is 0. The van der Waals surface area contributed by atoms with Crippen molar-refractivity contribution in [1.29, 1.82) is 0 Å². The van der Waals surface area contributed by atoms with Crippen LogP contribution in [0, 0.1) is 0 Å². The number of aromatic nitrogens is 1. The van der Waals surface area contributed by atoms with Gasteiger partial charge in [-0.05, 0) is 12.1 Å². The molecule has 3 heteroatoms. The first-order valence-corrected chi connectivity index (χ1v) is 4.76. The Labute approximate surface area is 86.4 Å². The number of rotatable bonds is 1. The van der Waals surface area contributed by atoms with Gasteiger partial charge in [0.25, 0.3) is 0 Å². The summed E-state index contributed by atoms with van der Waals surface area (Å²) in [6.45, 7) is 0. The Kier molecular flexibility index (Phi) is 1.66. The van der Waals surface area contributed by atoms with Gasteiger partial charge < -0.3 is 9.82 Å². The Bertz CT molecular complexity index is 628. The lowest BCUT2D eigenvalue weighted by Crippen LogP contribution is -2.01. The zero-order valence-electron chi connectivity index (χ0n) is 8.03. The van der Waals surface area contributed by atoms with Gasteiger partial charge in [-0.2, -0.15) is 5.90 Å². The summed E-state index contributed by atoms with van der Waals surface area (Å²) in [6, 6.07) is 14.0. The van der Waals surface area contributed by atoms with Gasteiger partial charge in [0.1, 0.15) is 0 Å². The molecular weight excluding hydrogens is 188 g/mol. The fourth-order valence-electron chi connectivity index (χ4n) is 1.94. The smallest absolute Gasteiger partial charge is 0.170 e. The van der Waals surface area contributed by atoms with Gasteiger partial charge in [0.05, 0.1) is 5.52 Å². The molecule has 0 aliphatic heterocycles. The van der Waals surface area contributed by atoms with Crippen molar-refractivity contribution in [3.8, 4) is 5.75 Å². The van der Waals surface area contributed by atoms with Crippen LogP contribution >= 0.6 is 0 Å². The molecule has 0 unspecified atom stereocenters. The molecule has 0 aliphatic rings. The van der Waals surface area contributed by atoms with E-state index in [9.17, 15) is 0 Å². The zero-order valence-corrected chi connectivity index (χ0v) is 8.03. The summed E-state index contributed by atoms with van der Waals surface area (Å²) < 4.78 is 0. The van der Waals surface area contributed by atoms with Crippen LogP contribution in [0.1, 0.15) is 0 Å². The maximum atomic E-state index is 5.22. The van der Waals surface area contributed by atoms with Crippen LogP contribution in [-0.2, 0) is 0 Å². The summed E-state index contributed by atoms with van der Waals surface area (Å²) in [6.07, 6.45) is 0. The van der Waals surface area contributed by atoms with Crippen molar-refractivity contribution in [1.82, 2.24) is 4.98 Å². The number of benzene rings is 2. The van der Waals surface area contributed by atoms with Gasteiger partial charge in [-0.25, -0.2) is 0 Å². The first-order valence-electron chi connectivity index (χ1n) is 4.76. The highest BCUT2D eigenvalue weighted by Gasteiger charge is 2.07. The molecule has 0 fully saturated rings. The van der Waals surface area contributed by atoms with E-state index >= 15 is 0 Å². The number of hydrogen-bond donors (Lipinski definition) is 2. The predicted octanol–water partition coefficient (Wildman–Crippen LogP) is 2.57. The molecule has 3 rings (SSSR count). The molecule has 1 aromatic heterocycles. The standard InChI is InChI=1S/C12H10N2O/c13-15-11-7-3-5-9-8-4-1-2-6-10(8)14-12(9)11/h1-7,14H,13H2. The Morgan fingerprint density at radius 2 is 1.73 bits per heavy atom. The maximum Gasteiger partial charge on any atom is 0.170 e. The molecule has 0 radical (unpaired) electrons. The second kappa shape index (κ2) is 3.00. The SMILES string of the molecule is NOc1cccc2c1[nH]c1ccccc12. The second-order valence-corrected chi connectivity index (χ2v) is 3.47. The van der Waals surface area contributed by atoms with Gasteiger partial charge in [0.15, 0.2) is 5.75 Å². The van der Waals surface area contributed by atoms with E-state index in [2.05, 4.69) is 17.1 Å². The maximum absolute atomic E-state index is 5.22. The van der Waals surface area contributed by atoms with Gasteiger partial charge in [0.2, 0.25) is 0 Å². The largest absolute Gasteiger partial charge is 0.409 e. The molecule has 0 atom stereocenters. The average molecular weight is 198 g/mol. The highest BCUT2D eigenvalue weighted by Crippen LogP contribution is 2.30. The molecule has 3 N–H and O–H groups in total. The van der Waals surface area contributed by atoms with Crippen LogP contribution in [0.15, 0.2) is 42.5 Å². The molecule has 0 aliphatic carbocycles. The summed E-state index contributed by atoms with van der Waals surface area (Å²) in [5, 5.41) is 2.32. The van der Waals surface area contributed by atoms with Crippen LogP contribution in [-0.4, -0.2) is 4.98 Å². The molecule has 0 amide bonds. The van der Waals surface area contributed by atoms with Crippen molar-refractivity contribution < 1.29 is 4.84 Å². The third-order valence-corrected chi connectivity index (χ3v) is 2.63. The van der Waals surface area contributed by atoms with Gasteiger partial charge >= 0.3 is 0 Å². The van der Waals surface area contributed by atoms with E-state index in [0.29, 0.717) is 5.75 Å². The van der Waals surface area contributed by atoms with Crippen LogP contribution in [0.4, 0.5) is 0 Å².